The maximum Gasteiger partial charge on any atom is 0.237 e. The largest absolute Gasteiger partial charge is 0.311 e. The second-order valence-corrected chi connectivity index (χ2v) is 9.01. The third-order valence-corrected chi connectivity index (χ3v) is 7.96. The Morgan fingerprint density at radius 3 is 2.88 bits per heavy atom. The van der Waals surface area contributed by atoms with Gasteiger partial charge in [0, 0.05) is 23.0 Å². The number of anilines is 1. The fraction of sp³-hybridized carbons (Fsp3) is 0.350. The molecule has 24 heavy (non-hydrogen) atoms. The highest BCUT2D eigenvalue weighted by atomic mass is 32.2. The minimum atomic E-state index is 0.246. The number of aryl methyl sites for hydroxylation is 1. The molecule has 2 aliphatic heterocycles. The molecule has 1 amide bonds. The number of thioether (sulfide) groups is 2. The summed E-state index contributed by atoms with van der Waals surface area (Å²) in [6, 6.07) is 16.9. The monoisotopic (exact) mass is 355 g/mol. The molecule has 0 saturated heterocycles. The minimum absolute atomic E-state index is 0.246. The van der Waals surface area contributed by atoms with Crippen molar-refractivity contribution in [1.82, 2.24) is 0 Å². The zero-order chi connectivity index (χ0) is 16.5. The van der Waals surface area contributed by atoms with Gasteiger partial charge in [-0.05, 0) is 36.1 Å². The van der Waals surface area contributed by atoms with Crippen molar-refractivity contribution >= 4 is 35.1 Å². The number of hydrogen-bond acceptors (Lipinski definition) is 3. The summed E-state index contributed by atoms with van der Waals surface area (Å²) in [6.45, 7) is 3.13. The zero-order valence-electron chi connectivity index (χ0n) is 13.8. The van der Waals surface area contributed by atoms with Crippen LogP contribution in [0.2, 0.25) is 0 Å². The van der Waals surface area contributed by atoms with E-state index in [2.05, 4.69) is 49.4 Å². The van der Waals surface area contributed by atoms with Gasteiger partial charge in [-0.1, -0.05) is 43.3 Å². The molecular weight excluding hydrogens is 334 g/mol. The van der Waals surface area contributed by atoms with E-state index >= 15 is 0 Å². The Bertz CT molecular complexity index is 761. The van der Waals surface area contributed by atoms with Gasteiger partial charge >= 0.3 is 0 Å². The third kappa shape index (κ3) is 2.98. The van der Waals surface area contributed by atoms with Crippen LogP contribution in [0.3, 0.4) is 0 Å². The Morgan fingerprint density at radius 1 is 1.21 bits per heavy atom. The van der Waals surface area contributed by atoms with Crippen molar-refractivity contribution in [2.24, 2.45) is 0 Å². The summed E-state index contributed by atoms with van der Waals surface area (Å²) < 4.78 is 0.436. The number of benzene rings is 2. The molecule has 0 spiro atoms. The molecule has 2 aromatic rings. The molecule has 2 nitrogen and oxygen atoms in total. The molecule has 2 atom stereocenters. The first-order valence-corrected chi connectivity index (χ1v) is 10.4. The number of rotatable bonds is 3. The zero-order valence-corrected chi connectivity index (χ0v) is 15.4. The van der Waals surface area contributed by atoms with E-state index in [9.17, 15) is 4.79 Å². The normalized spacial score (nSPS) is 22.1. The summed E-state index contributed by atoms with van der Waals surface area (Å²) >= 11 is 3.71. The van der Waals surface area contributed by atoms with Gasteiger partial charge < -0.3 is 4.90 Å². The number of nitrogens with zero attached hydrogens (tertiary/aromatic N) is 1. The highest BCUT2D eigenvalue weighted by Gasteiger charge is 2.31. The Balaban J connectivity index is 1.42. The average molecular weight is 356 g/mol. The van der Waals surface area contributed by atoms with Crippen LogP contribution in [0.5, 0.6) is 0 Å². The smallest absolute Gasteiger partial charge is 0.237 e. The van der Waals surface area contributed by atoms with Crippen molar-refractivity contribution in [3.63, 3.8) is 0 Å². The lowest BCUT2D eigenvalue weighted by atomic mass is 10.0. The number of carbonyl (C=O) groups is 1. The molecule has 2 unspecified atom stereocenters. The molecule has 0 radical (unpaired) electrons. The Kier molecular flexibility index (Phi) is 4.59. The Morgan fingerprint density at radius 2 is 2.00 bits per heavy atom. The van der Waals surface area contributed by atoms with Crippen molar-refractivity contribution in [2.45, 2.75) is 35.2 Å². The lowest BCUT2D eigenvalue weighted by Gasteiger charge is -2.29. The number of para-hydroxylation sites is 1. The van der Waals surface area contributed by atoms with Crippen molar-refractivity contribution in [3.8, 4) is 0 Å². The maximum atomic E-state index is 12.8. The molecule has 4 heteroatoms. The standard InChI is InChI=1S/C20H21NOS2/c1-14-16-9-3-5-11-18(16)24-20(14)23-13-19(22)21-12-6-8-15-7-2-4-10-17(15)21/h2-5,7,9-11,14,20H,6,8,12-13H2,1H3. The molecule has 4 rings (SSSR count). The fourth-order valence-electron chi connectivity index (χ4n) is 3.54. The van der Waals surface area contributed by atoms with Crippen LogP contribution in [0, 0.1) is 0 Å². The van der Waals surface area contributed by atoms with Crippen LogP contribution in [-0.2, 0) is 11.2 Å². The van der Waals surface area contributed by atoms with Gasteiger partial charge in [0.15, 0.2) is 0 Å². The lowest BCUT2D eigenvalue weighted by Crippen LogP contribution is -2.37. The van der Waals surface area contributed by atoms with Gasteiger partial charge in [0.25, 0.3) is 0 Å². The second-order valence-electron chi connectivity index (χ2n) is 6.40. The first-order chi connectivity index (χ1) is 11.7. The van der Waals surface area contributed by atoms with Crippen LogP contribution in [0.25, 0.3) is 0 Å². The van der Waals surface area contributed by atoms with Crippen LogP contribution < -0.4 is 4.90 Å². The fourth-order valence-corrected chi connectivity index (χ4v) is 6.37. The second kappa shape index (κ2) is 6.85. The summed E-state index contributed by atoms with van der Waals surface area (Å²) in [5.41, 5.74) is 3.85. The molecule has 0 saturated carbocycles. The van der Waals surface area contributed by atoms with E-state index in [0.29, 0.717) is 16.3 Å². The van der Waals surface area contributed by atoms with E-state index in [1.54, 1.807) is 11.8 Å². The van der Waals surface area contributed by atoms with Gasteiger partial charge in [-0.3, -0.25) is 4.79 Å². The van der Waals surface area contributed by atoms with E-state index < -0.39 is 0 Å². The van der Waals surface area contributed by atoms with Crippen molar-refractivity contribution in [1.29, 1.82) is 0 Å². The summed E-state index contributed by atoms with van der Waals surface area (Å²) in [6.07, 6.45) is 2.14. The highest BCUT2D eigenvalue weighted by Crippen LogP contribution is 2.49. The first-order valence-electron chi connectivity index (χ1n) is 8.49. The van der Waals surface area contributed by atoms with Crippen molar-refractivity contribution < 1.29 is 4.79 Å². The van der Waals surface area contributed by atoms with Gasteiger partial charge in [0.1, 0.15) is 0 Å². The van der Waals surface area contributed by atoms with Crippen LogP contribution in [-0.4, -0.2) is 22.8 Å². The van der Waals surface area contributed by atoms with Gasteiger partial charge in [-0.25, -0.2) is 0 Å². The predicted molar refractivity (Wildman–Crippen MR) is 104 cm³/mol. The molecule has 2 heterocycles. The summed E-state index contributed by atoms with van der Waals surface area (Å²) in [5.74, 6) is 1.30. The van der Waals surface area contributed by atoms with Crippen LogP contribution >= 0.6 is 23.5 Å². The van der Waals surface area contributed by atoms with E-state index in [4.69, 9.17) is 0 Å². The summed E-state index contributed by atoms with van der Waals surface area (Å²) in [4.78, 5) is 16.2. The first kappa shape index (κ1) is 16.1. The van der Waals surface area contributed by atoms with Crippen LogP contribution in [0.1, 0.15) is 30.4 Å². The van der Waals surface area contributed by atoms with Gasteiger partial charge in [0.05, 0.1) is 10.3 Å². The topological polar surface area (TPSA) is 20.3 Å². The number of hydrogen-bond donors (Lipinski definition) is 0. The molecule has 124 valence electrons. The third-order valence-electron chi connectivity index (χ3n) is 4.84. The molecule has 0 aliphatic carbocycles. The maximum absolute atomic E-state index is 12.8. The van der Waals surface area contributed by atoms with E-state index in [0.717, 1.165) is 25.1 Å². The van der Waals surface area contributed by atoms with Gasteiger partial charge in [-0.2, -0.15) is 0 Å². The predicted octanol–water partition coefficient (Wildman–Crippen LogP) is 4.93. The van der Waals surface area contributed by atoms with E-state index in [1.165, 1.54) is 16.0 Å². The Hall–Kier alpha value is -1.39. The molecule has 2 aromatic carbocycles. The average Bonchev–Trinajstić information content (AvgIpc) is 2.95. The lowest BCUT2D eigenvalue weighted by molar-refractivity contribution is -0.116. The number of amides is 1. The molecule has 0 fully saturated rings. The van der Waals surface area contributed by atoms with E-state index in [1.807, 2.05) is 22.7 Å². The van der Waals surface area contributed by atoms with E-state index in [-0.39, 0.29) is 5.91 Å². The number of fused-ring (bicyclic) bond motifs is 2. The summed E-state index contributed by atoms with van der Waals surface area (Å²) in [7, 11) is 0. The molecule has 0 N–H and O–H groups in total. The van der Waals surface area contributed by atoms with Crippen LogP contribution in [0.15, 0.2) is 53.4 Å². The molecule has 2 aliphatic rings. The van der Waals surface area contributed by atoms with Crippen molar-refractivity contribution in [2.75, 3.05) is 17.2 Å². The van der Waals surface area contributed by atoms with Crippen LogP contribution in [0.4, 0.5) is 5.69 Å². The quantitative estimate of drug-likeness (QED) is 0.778. The SMILES string of the molecule is CC1c2ccccc2SC1SCC(=O)N1CCCc2ccccc21. The van der Waals surface area contributed by atoms with Gasteiger partial charge in [0.2, 0.25) is 5.91 Å². The van der Waals surface area contributed by atoms with Gasteiger partial charge in [-0.15, -0.1) is 23.5 Å². The molecule has 0 bridgehead atoms. The molecular formula is C20H21NOS2. The minimum Gasteiger partial charge on any atom is -0.311 e. The molecule has 0 aromatic heterocycles. The Labute approximate surface area is 152 Å². The number of carbonyl (C=O) groups excluding carboxylic acids is 1. The van der Waals surface area contributed by atoms with Crippen molar-refractivity contribution in [3.05, 3.63) is 59.7 Å². The summed E-state index contributed by atoms with van der Waals surface area (Å²) in [5, 5.41) is 0. The highest BCUT2D eigenvalue weighted by molar-refractivity contribution is 8.17.